The summed E-state index contributed by atoms with van der Waals surface area (Å²) >= 11 is 0. The summed E-state index contributed by atoms with van der Waals surface area (Å²) in [6.07, 6.45) is 3.50. The first-order valence-electron chi connectivity index (χ1n) is 7.00. The Balaban J connectivity index is 5.37. The van der Waals surface area contributed by atoms with Crippen molar-refractivity contribution in [2.75, 3.05) is 25.6 Å². The molecule has 18 heavy (non-hydrogen) atoms. The molecule has 0 unspecified atom stereocenters. The molecule has 3 heteroatoms. The molecule has 0 amide bonds. The maximum atomic E-state index is 11.7. The highest BCUT2D eigenvalue weighted by atomic mass is 31.2. The van der Waals surface area contributed by atoms with Crippen molar-refractivity contribution in [1.82, 2.24) is 0 Å². The molecule has 0 saturated heterocycles. The van der Waals surface area contributed by atoms with Gasteiger partial charge < -0.3 is 4.74 Å². The Hall–Kier alpha value is -0.230. The molecule has 0 atom stereocenters. The Morgan fingerprint density at radius 1 is 0.944 bits per heavy atom. The zero-order chi connectivity index (χ0) is 14.3. The fourth-order valence-electron chi connectivity index (χ4n) is 2.84. The lowest BCUT2D eigenvalue weighted by atomic mass is 10.3. The Morgan fingerprint density at radius 2 is 1.28 bits per heavy atom. The van der Waals surface area contributed by atoms with E-state index in [1.54, 1.807) is 0 Å². The molecule has 0 N–H and O–H groups in total. The van der Waals surface area contributed by atoms with Gasteiger partial charge in [-0.15, -0.1) is 0 Å². The number of carbonyl (C=O) groups excluding carboxylic acids is 1. The molecule has 0 radical (unpaired) electrons. The Morgan fingerprint density at radius 3 is 1.50 bits per heavy atom. The van der Waals surface area contributed by atoms with Crippen LogP contribution in [0.1, 0.15) is 41.5 Å². The van der Waals surface area contributed by atoms with Gasteiger partial charge in [0.25, 0.3) is 0 Å². The van der Waals surface area contributed by atoms with Crippen LogP contribution < -0.4 is 0 Å². The van der Waals surface area contributed by atoms with Crippen LogP contribution in [0.4, 0.5) is 0 Å². The number of methoxy groups -OCH3 is 1. The standard InChI is InChI=1S/C15H31O2P/c1-12(2)8-18(9-13(3)4,10-14(5)6)11-15(16)17-7/h11-14H,8-10H2,1-7H3. The van der Waals surface area contributed by atoms with E-state index in [4.69, 9.17) is 4.74 Å². The van der Waals surface area contributed by atoms with E-state index >= 15 is 0 Å². The lowest BCUT2D eigenvalue weighted by molar-refractivity contribution is -0.132. The summed E-state index contributed by atoms with van der Waals surface area (Å²) in [5, 5.41) is 0. The van der Waals surface area contributed by atoms with E-state index in [2.05, 4.69) is 41.5 Å². The zero-order valence-corrected chi connectivity index (χ0v) is 14.1. The third kappa shape index (κ3) is 7.26. The Kier molecular flexibility index (Phi) is 7.94. The van der Waals surface area contributed by atoms with Gasteiger partial charge in [0.2, 0.25) is 0 Å². The molecule has 0 aromatic rings. The SMILES string of the molecule is COC(=O)C=P(CC(C)C)(CC(C)C)CC(C)C. The molecule has 0 aliphatic carbocycles. The van der Waals surface area contributed by atoms with Crippen LogP contribution in [0.5, 0.6) is 0 Å². The minimum Gasteiger partial charge on any atom is -0.466 e. The molecule has 0 rings (SSSR count). The summed E-state index contributed by atoms with van der Waals surface area (Å²) in [5.74, 6) is 3.73. The molecule has 0 aliphatic heterocycles. The first kappa shape index (κ1) is 17.8. The third-order valence-electron chi connectivity index (χ3n) is 2.77. The van der Waals surface area contributed by atoms with Gasteiger partial charge >= 0.3 is 5.97 Å². The molecule has 108 valence electrons. The second-order valence-electron chi connectivity index (χ2n) is 6.60. The first-order valence-corrected chi connectivity index (χ1v) is 9.41. The van der Waals surface area contributed by atoms with Crippen molar-refractivity contribution in [3.63, 3.8) is 0 Å². The maximum Gasteiger partial charge on any atom is 0.330 e. The molecule has 0 heterocycles. The maximum absolute atomic E-state index is 11.7. The van der Waals surface area contributed by atoms with Gasteiger partial charge in [0.1, 0.15) is 0 Å². The first-order chi connectivity index (χ1) is 8.20. The van der Waals surface area contributed by atoms with Crippen molar-refractivity contribution in [2.24, 2.45) is 17.8 Å². The molecule has 0 spiro atoms. The number of rotatable bonds is 7. The van der Waals surface area contributed by atoms with Crippen LogP contribution in [0.3, 0.4) is 0 Å². The second kappa shape index (κ2) is 8.04. The lowest BCUT2D eigenvalue weighted by Crippen LogP contribution is -2.17. The van der Waals surface area contributed by atoms with Crippen molar-refractivity contribution >= 4 is 18.7 Å². The quantitative estimate of drug-likeness (QED) is 0.519. The van der Waals surface area contributed by atoms with Gasteiger partial charge in [-0.05, 0) is 36.2 Å². The van der Waals surface area contributed by atoms with Crippen LogP contribution in [-0.4, -0.2) is 37.4 Å². The van der Waals surface area contributed by atoms with Gasteiger partial charge in [-0.2, -0.15) is 0 Å². The predicted molar refractivity (Wildman–Crippen MR) is 84.1 cm³/mol. The topological polar surface area (TPSA) is 26.3 Å². The number of ether oxygens (including phenoxy) is 1. The molecule has 0 bridgehead atoms. The van der Waals surface area contributed by atoms with Gasteiger partial charge in [0, 0.05) is 5.80 Å². The molecular formula is C15H31O2P. The lowest BCUT2D eigenvalue weighted by Gasteiger charge is -2.31. The van der Waals surface area contributed by atoms with Gasteiger partial charge in [-0.3, -0.25) is 0 Å². The predicted octanol–water partition coefficient (Wildman–Crippen LogP) is 3.95. The average molecular weight is 274 g/mol. The van der Waals surface area contributed by atoms with E-state index in [9.17, 15) is 4.79 Å². The molecule has 0 aromatic heterocycles. The largest absolute Gasteiger partial charge is 0.466 e. The minimum atomic E-state index is -1.34. The molecular weight excluding hydrogens is 243 g/mol. The summed E-state index contributed by atoms with van der Waals surface area (Å²) in [5.41, 5.74) is 0. The van der Waals surface area contributed by atoms with E-state index in [1.165, 1.54) is 25.6 Å². The fourth-order valence-corrected chi connectivity index (χ4v) is 8.52. The smallest absolute Gasteiger partial charge is 0.330 e. The Labute approximate surface area is 113 Å². The Bertz CT molecular complexity index is 270. The van der Waals surface area contributed by atoms with Gasteiger partial charge in [-0.1, -0.05) is 48.4 Å². The summed E-state index contributed by atoms with van der Waals surface area (Å²) in [7, 11) is 1.48. The summed E-state index contributed by atoms with van der Waals surface area (Å²) in [4.78, 5) is 11.7. The normalized spacial score (nSPS) is 12.3. The zero-order valence-electron chi connectivity index (χ0n) is 13.2. The van der Waals surface area contributed by atoms with Gasteiger partial charge in [0.05, 0.1) is 7.11 Å². The molecule has 0 fully saturated rings. The van der Waals surface area contributed by atoms with Crippen LogP contribution in [-0.2, 0) is 9.53 Å². The van der Waals surface area contributed by atoms with Crippen LogP contribution in [0.25, 0.3) is 0 Å². The average Bonchev–Trinajstić information content (AvgIpc) is 2.12. The van der Waals surface area contributed by atoms with Crippen molar-refractivity contribution in [3.05, 3.63) is 0 Å². The van der Waals surface area contributed by atoms with E-state index in [-0.39, 0.29) is 5.97 Å². The summed E-state index contributed by atoms with van der Waals surface area (Å²) < 4.78 is 4.88. The van der Waals surface area contributed by atoms with Crippen LogP contribution >= 0.6 is 6.89 Å². The highest BCUT2D eigenvalue weighted by Gasteiger charge is 2.23. The van der Waals surface area contributed by atoms with Crippen molar-refractivity contribution in [2.45, 2.75) is 41.5 Å². The highest BCUT2D eigenvalue weighted by Crippen LogP contribution is 2.51. The van der Waals surface area contributed by atoms with E-state index in [0.29, 0.717) is 17.8 Å². The minimum absolute atomic E-state index is 0.134. The van der Waals surface area contributed by atoms with Crippen LogP contribution in [0.2, 0.25) is 0 Å². The number of esters is 1. The van der Waals surface area contributed by atoms with Crippen LogP contribution in [0.15, 0.2) is 0 Å². The van der Waals surface area contributed by atoms with Crippen molar-refractivity contribution in [1.29, 1.82) is 0 Å². The number of carbonyl (C=O) groups is 1. The monoisotopic (exact) mass is 274 g/mol. The van der Waals surface area contributed by atoms with Gasteiger partial charge in [-0.25, -0.2) is 4.79 Å². The molecule has 2 nitrogen and oxygen atoms in total. The number of hydrogen-bond donors (Lipinski definition) is 0. The second-order valence-corrected chi connectivity index (χ2v) is 10.4. The molecule has 0 saturated carbocycles. The number of hydrogen-bond acceptors (Lipinski definition) is 2. The molecule has 0 aromatic carbocycles. The fraction of sp³-hybridized carbons (Fsp3) is 0.867. The molecule has 0 aliphatic rings. The van der Waals surface area contributed by atoms with E-state index in [1.807, 2.05) is 5.80 Å². The van der Waals surface area contributed by atoms with E-state index in [0.717, 1.165) is 0 Å². The highest BCUT2D eigenvalue weighted by molar-refractivity contribution is 7.76. The van der Waals surface area contributed by atoms with Crippen molar-refractivity contribution < 1.29 is 9.53 Å². The van der Waals surface area contributed by atoms with E-state index < -0.39 is 6.89 Å². The summed E-state index contributed by atoms with van der Waals surface area (Å²) in [6.45, 7) is 12.2. The van der Waals surface area contributed by atoms with Gasteiger partial charge in [0.15, 0.2) is 0 Å². The third-order valence-corrected chi connectivity index (χ3v) is 7.90. The summed E-state index contributed by atoms with van der Waals surface area (Å²) in [6, 6.07) is 0. The van der Waals surface area contributed by atoms with Crippen molar-refractivity contribution in [3.8, 4) is 0 Å². The van der Waals surface area contributed by atoms with Crippen LogP contribution in [0, 0.1) is 17.8 Å².